The van der Waals surface area contributed by atoms with Crippen molar-refractivity contribution in [1.29, 1.82) is 0 Å². The molecule has 0 fully saturated rings. The Morgan fingerprint density at radius 3 is 2.46 bits per heavy atom. The number of ether oxygens (including phenoxy) is 2. The average molecular weight is 378 g/mol. The number of anilines is 3. The molecule has 0 saturated heterocycles. The third-order valence-corrected chi connectivity index (χ3v) is 3.74. The topological polar surface area (TPSA) is 85.4 Å². The van der Waals surface area contributed by atoms with Crippen molar-refractivity contribution in [2.75, 3.05) is 23.8 Å². The molecule has 3 aromatic rings. The Bertz CT molecular complexity index is 929. The molecular weight excluding hydrogens is 356 g/mol. The predicted molar refractivity (Wildman–Crippen MR) is 108 cm³/mol. The Labute approximate surface area is 163 Å². The monoisotopic (exact) mass is 378 g/mol. The standard InChI is InChI=1S/C21H22N4O3/c1-3-27-16-11-9-15(10-12-16)23-21-22-14-13-18(25-21)20(26)24-17-7-5-6-8-19(17)28-4-2/h5-14H,3-4H2,1-2H3,(H,24,26)(H,22,23,25). The van der Waals surface area contributed by atoms with E-state index in [9.17, 15) is 4.79 Å². The van der Waals surface area contributed by atoms with Crippen molar-refractivity contribution in [1.82, 2.24) is 9.97 Å². The van der Waals surface area contributed by atoms with E-state index in [-0.39, 0.29) is 11.6 Å². The molecule has 0 radical (unpaired) electrons. The maximum absolute atomic E-state index is 12.6. The number of para-hydroxylation sites is 2. The van der Waals surface area contributed by atoms with Crippen LogP contribution in [0, 0.1) is 0 Å². The van der Waals surface area contributed by atoms with Crippen LogP contribution in [0.25, 0.3) is 0 Å². The van der Waals surface area contributed by atoms with E-state index in [1.165, 1.54) is 6.20 Å². The van der Waals surface area contributed by atoms with Crippen LogP contribution in [-0.4, -0.2) is 29.1 Å². The molecule has 0 unspecified atom stereocenters. The largest absolute Gasteiger partial charge is 0.494 e. The number of benzene rings is 2. The van der Waals surface area contributed by atoms with E-state index in [4.69, 9.17) is 9.47 Å². The summed E-state index contributed by atoms with van der Waals surface area (Å²) in [6.07, 6.45) is 1.53. The molecule has 2 N–H and O–H groups in total. The number of nitrogens with zero attached hydrogens (tertiary/aromatic N) is 2. The molecule has 0 spiro atoms. The predicted octanol–water partition coefficient (Wildman–Crippen LogP) is 4.27. The van der Waals surface area contributed by atoms with Gasteiger partial charge in [0.1, 0.15) is 17.2 Å². The van der Waals surface area contributed by atoms with Crippen LogP contribution in [0.5, 0.6) is 11.5 Å². The number of aromatic nitrogens is 2. The summed E-state index contributed by atoms with van der Waals surface area (Å²) in [7, 11) is 0. The minimum atomic E-state index is -0.343. The van der Waals surface area contributed by atoms with Crippen molar-refractivity contribution in [3.05, 3.63) is 66.5 Å². The fraction of sp³-hybridized carbons (Fsp3) is 0.190. The highest BCUT2D eigenvalue weighted by Crippen LogP contribution is 2.24. The van der Waals surface area contributed by atoms with Crippen molar-refractivity contribution in [3.8, 4) is 11.5 Å². The van der Waals surface area contributed by atoms with Crippen LogP contribution in [-0.2, 0) is 0 Å². The van der Waals surface area contributed by atoms with Crippen molar-refractivity contribution in [2.24, 2.45) is 0 Å². The molecule has 0 atom stereocenters. The highest BCUT2D eigenvalue weighted by molar-refractivity contribution is 6.03. The zero-order valence-electron chi connectivity index (χ0n) is 15.8. The molecule has 0 aliphatic rings. The second-order valence-electron chi connectivity index (χ2n) is 5.73. The van der Waals surface area contributed by atoms with Gasteiger partial charge in [-0.1, -0.05) is 12.1 Å². The molecule has 144 valence electrons. The molecule has 3 rings (SSSR count). The smallest absolute Gasteiger partial charge is 0.274 e. The minimum Gasteiger partial charge on any atom is -0.494 e. The fourth-order valence-electron chi connectivity index (χ4n) is 2.51. The average Bonchev–Trinajstić information content (AvgIpc) is 2.71. The molecule has 7 heteroatoms. The van der Waals surface area contributed by atoms with Crippen molar-refractivity contribution in [2.45, 2.75) is 13.8 Å². The summed E-state index contributed by atoms with van der Waals surface area (Å²) in [6, 6.07) is 16.3. The number of carbonyl (C=O) groups excluding carboxylic acids is 1. The molecular formula is C21H22N4O3. The number of hydrogen-bond acceptors (Lipinski definition) is 6. The van der Waals surface area contributed by atoms with E-state index in [2.05, 4.69) is 20.6 Å². The first-order valence-corrected chi connectivity index (χ1v) is 9.05. The Balaban J connectivity index is 1.71. The number of amides is 1. The highest BCUT2D eigenvalue weighted by atomic mass is 16.5. The number of hydrogen-bond donors (Lipinski definition) is 2. The number of nitrogens with one attached hydrogen (secondary N) is 2. The fourth-order valence-corrected chi connectivity index (χ4v) is 2.51. The van der Waals surface area contributed by atoms with Gasteiger partial charge in [0.2, 0.25) is 5.95 Å². The zero-order valence-corrected chi connectivity index (χ0v) is 15.8. The van der Waals surface area contributed by atoms with Gasteiger partial charge in [-0.25, -0.2) is 9.97 Å². The maximum atomic E-state index is 12.6. The number of carbonyl (C=O) groups is 1. The molecule has 1 aromatic heterocycles. The normalized spacial score (nSPS) is 10.2. The number of rotatable bonds is 8. The van der Waals surface area contributed by atoms with Crippen LogP contribution < -0.4 is 20.1 Å². The molecule has 0 aliphatic carbocycles. The van der Waals surface area contributed by atoms with Gasteiger partial charge in [0.25, 0.3) is 5.91 Å². The van der Waals surface area contributed by atoms with Crippen LogP contribution in [0.2, 0.25) is 0 Å². The van der Waals surface area contributed by atoms with Gasteiger partial charge >= 0.3 is 0 Å². The minimum absolute atomic E-state index is 0.245. The summed E-state index contributed by atoms with van der Waals surface area (Å²) >= 11 is 0. The molecule has 28 heavy (non-hydrogen) atoms. The van der Waals surface area contributed by atoms with Gasteiger partial charge in [-0.05, 0) is 56.3 Å². The van der Waals surface area contributed by atoms with Crippen LogP contribution >= 0.6 is 0 Å². The van der Waals surface area contributed by atoms with Gasteiger partial charge in [0.15, 0.2) is 0 Å². The molecule has 2 aromatic carbocycles. The first kappa shape index (κ1) is 19.2. The Morgan fingerprint density at radius 2 is 1.71 bits per heavy atom. The summed E-state index contributed by atoms with van der Waals surface area (Å²) in [5.41, 5.74) is 1.63. The molecule has 0 saturated carbocycles. The zero-order chi connectivity index (χ0) is 19.8. The van der Waals surface area contributed by atoms with Gasteiger partial charge in [-0.2, -0.15) is 0 Å². The second-order valence-corrected chi connectivity index (χ2v) is 5.73. The highest BCUT2D eigenvalue weighted by Gasteiger charge is 2.12. The molecule has 7 nitrogen and oxygen atoms in total. The van der Waals surface area contributed by atoms with Crippen LogP contribution in [0.1, 0.15) is 24.3 Å². The molecule has 1 amide bonds. The Morgan fingerprint density at radius 1 is 0.964 bits per heavy atom. The lowest BCUT2D eigenvalue weighted by Crippen LogP contribution is -2.15. The summed E-state index contributed by atoms with van der Waals surface area (Å²) in [5, 5.41) is 5.91. The lowest BCUT2D eigenvalue weighted by Gasteiger charge is -2.11. The SMILES string of the molecule is CCOc1ccc(Nc2nccc(C(=O)Nc3ccccc3OCC)n2)cc1. The lowest BCUT2D eigenvalue weighted by atomic mass is 10.2. The summed E-state index contributed by atoms with van der Waals surface area (Å²) in [5.74, 6) is 1.38. The van der Waals surface area contributed by atoms with E-state index in [0.717, 1.165) is 11.4 Å². The maximum Gasteiger partial charge on any atom is 0.274 e. The molecule has 0 bridgehead atoms. The van der Waals surface area contributed by atoms with Crippen molar-refractivity contribution in [3.63, 3.8) is 0 Å². The van der Waals surface area contributed by atoms with Gasteiger partial charge < -0.3 is 20.1 Å². The van der Waals surface area contributed by atoms with Crippen LogP contribution in [0.15, 0.2) is 60.8 Å². The van der Waals surface area contributed by atoms with Gasteiger partial charge in [-0.15, -0.1) is 0 Å². The van der Waals surface area contributed by atoms with Crippen LogP contribution in [0.3, 0.4) is 0 Å². The Hall–Kier alpha value is -3.61. The van der Waals surface area contributed by atoms with E-state index in [1.807, 2.05) is 50.2 Å². The first-order chi connectivity index (χ1) is 13.7. The Kier molecular flexibility index (Phi) is 6.41. The van der Waals surface area contributed by atoms with E-state index in [0.29, 0.717) is 30.6 Å². The summed E-state index contributed by atoms with van der Waals surface area (Å²) in [6.45, 7) is 4.95. The quantitative estimate of drug-likeness (QED) is 0.609. The molecule has 1 heterocycles. The van der Waals surface area contributed by atoms with Crippen molar-refractivity contribution >= 4 is 23.2 Å². The summed E-state index contributed by atoms with van der Waals surface area (Å²) < 4.78 is 11.0. The van der Waals surface area contributed by atoms with Gasteiger partial charge in [0, 0.05) is 11.9 Å². The van der Waals surface area contributed by atoms with E-state index >= 15 is 0 Å². The second kappa shape index (κ2) is 9.36. The third kappa shape index (κ3) is 4.97. The van der Waals surface area contributed by atoms with Crippen LogP contribution in [0.4, 0.5) is 17.3 Å². The van der Waals surface area contributed by atoms with E-state index in [1.54, 1.807) is 18.2 Å². The lowest BCUT2D eigenvalue weighted by molar-refractivity contribution is 0.102. The summed E-state index contributed by atoms with van der Waals surface area (Å²) in [4.78, 5) is 21.1. The van der Waals surface area contributed by atoms with Gasteiger partial charge in [-0.3, -0.25) is 4.79 Å². The van der Waals surface area contributed by atoms with E-state index < -0.39 is 0 Å². The molecule has 0 aliphatic heterocycles. The third-order valence-electron chi connectivity index (χ3n) is 3.74. The van der Waals surface area contributed by atoms with Crippen molar-refractivity contribution < 1.29 is 14.3 Å². The van der Waals surface area contributed by atoms with Gasteiger partial charge in [0.05, 0.1) is 18.9 Å². The first-order valence-electron chi connectivity index (χ1n) is 9.05.